The third kappa shape index (κ3) is 10.2. The molecule has 0 aromatic heterocycles. The summed E-state index contributed by atoms with van der Waals surface area (Å²) in [5.74, 6) is 0. The zero-order chi connectivity index (χ0) is 5.54. The van der Waals surface area contributed by atoms with Crippen LogP contribution in [0.1, 0.15) is 0 Å². The van der Waals surface area contributed by atoms with Crippen molar-refractivity contribution in [2.24, 2.45) is 0 Å². The van der Waals surface area contributed by atoms with Gasteiger partial charge in [0.25, 0.3) is 0 Å². The maximum Gasteiger partial charge on any atom is 2.00 e. The minimum absolute atomic E-state index is 0. The van der Waals surface area contributed by atoms with E-state index < -0.39 is 21.5 Å². The molecule has 6 heteroatoms. The summed E-state index contributed by atoms with van der Waals surface area (Å²) >= 11 is -1.09. The summed E-state index contributed by atoms with van der Waals surface area (Å²) in [7, 11) is 2.60. The van der Waals surface area contributed by atoms with E-state index in [1.165, 1.54) is 16.5 Å². The first-order valence-electron chi connectivity index (χ1n) is 1.43. The van der Waals surface area contributed by atoms with Crippen LogP contribution in [0.25, 0.3) is 0 Å². The second kappa shape index (κ2) is 11.0. The Bertz CT molecular complexity index is 102. The largest absolute Gasteiger partial charge is 2.00 e. The van der Waals surface area contributed by atoms with Gasteiger partial charge in [0, 0.05) is 0 Å². The van der Waals surface area contributed by atoms with Gasteiger partial charge in [0.05, 0.1) is 0 Å². The molecule has 0 saturated carbocycles. The normalized spacial score (nSPS) is 4.75. The van der Waals surface area contributed by atoms with Crippen molar-refractivity contribution in [1.29, 1.82) is 10.5 Å². The van der Waals surface area contributed by atoms with Gasteiger partial charge in [-0.15, -0.1) is 0 Å². The molecule has 0 aromatic rings. The Hall–Kier alpha value is 1.12. The maximum atomic E-state index is 7.94. The van der Waals surface area contributed by atoms with Crippen LogP contribution in [0.2, 0.25) is 0 Å². The number of thiocyanates is 2. The van der Waals surface area contributed by atoms with E-state index in [2.05, 4.69) is 0 Å². The van der Waals surface area contributed by atoms with Gasteiger partial charge in [-0.1, -0.05) is 0 Å². The third-order valence-corrected chi connectivity index (χ3v) is 12.7. The predicted octanol–water partition coefficient (Wildman–Crippen LogP) is 1.32. The van der Waals surface area contributed by atoms with E-state index >= 15 is 0 Å². The van der Waals surface area contributed by atoms with Gasteiger partial charge in [-0.2, -0.15) is 0 Å². The maximum absolute atomic E-state index is 7.94. The molecule has 0 amide bonds. The molecule has 0 aliphatic carbocycles. The van der Waals surface area contributed by atoms with Gasteiger partial charge in [-0.3, -0.25) is 0 Å². The van der Waals surface area contributed by atoms with Crippen LogP contribution in [-0.4, -0.2) is 0 Å². The standard InChI is InChI=1S/2CHNS.Co.Hg/c2*2-1-3;;/h2*3H;;/q;;2*+2/p-2. The Labute approximate surface area is 75.3 Å². The van der Waals surface area contributed by atoms with E-state index in [1.807, 2.05) is 10.8 Å². The summed E-state index contributed by atoms with van der Waals surface area (Å²) in [6.45, 7) is 0. The SMILES string of the molecule is N#C[S][Hg][S]C#N.[Co+2]. The fourth-order valence-electron chi connectivity index (χ4n) is 0.0822. The molecule has 0 saturated heterocycles. The molecule has 1 radical (unpaired) electrons. The first kappa shape index (κ1) is 11.9. The summed E-state index contributed by atoms with van der Waals surface area (Å²) in [6, 6.07) is 0. The topological polar surface area (TPSA) is 47.6 Å². The van der Waals surface area contributed by atoms with Crippen molar-refractivity contribution in [2.75, 3.05) is 0 Å². The Balaban J connectivity index is 0. The quantitative estimate of drug-likeness (QED) is 0.415. The van der Waals surface area contributed by atoms with Crippen molar-refractivity contribution in [1.82, 2.24) is 0 Å². The molecule has 0 atom stereocenters. The van der Waals surface area contributed by atoms with Crippen LogP contribution in [0.15, 0.2) is 0 Å². The molecule has 0 unspecified atom stereocenters. The van der Waals surface area contributed by atoms with Crippen LogP contribution >= 0.6 is 16.5 Å². The first-order chi connectivity index (χ1) is 3.41. The van der Waals surface area contributed by atoms with Crippen LogP contribution < -0.4 is 0 Å². The van der Waals surface area contributed by atoms with Crippen LogP contribution in [-0.2, 0) is 38.3 Å². The molecule has 0 rings (SSSR count). The van der Waals surface area contributed by atoms with Gasteiger partial charge in [-0.05, 0) is 0 Å². The smallest absolute Gasteiger partial charge is 2.00 e. The molecular formula is C2CoHgN2S2+2. The second-order valence-corrected chi connectivity index (χ2v) is 17.5. The predicted molar refractivity (Wildman–Crippen MR) is 26.4 cm³/mol. The van der Waals surface area contributed by atoms with E-state index in [1.54, 1.807) is 0 Å². The molecule has 0 spiro atoms. The van der Waals surface area contributed by atoms with Crippen molar-refractivity contribution in [3.05, 3.63) is 0 Å². The van der Waals surface area contributed by atoms with E-state index in [0.29, 0.717) is 0 Å². The number of nitriles is 2. The Morgan fingerprint density at radius 1 is 1.12 bits per heavy atom. The van der Waals surface area contributed by atoms with Crippen molar-refractivity contribution < 1.29 is 38.3 Å². The molecule has 0 aliphatic rings. The van der Waals surface area contributed by atoms with E-state index in [9.17, 15) is 0 Å². The summed E-state index contributed by atoms with van der Waals surface area (Å²) in [4.78, 5) is 0. The summed E-state index contributed by atoms with van der Waals surface area (Å²) in [6.07, 6.45) is 0. The van der Waals surface area contributed by atoms with Crippen molar-refractivity contribution in [3.8, 4) is 10.8 Å². The first-order valence-corrected chi connectivity index (χ1v) is 16.9. The molecule has 0 heterocycles. The molecule has 0 N–H and O–H groups in total. The number of rotatable bonds is 2. The van der Waals surface area contributed by atoms with Gasteiger partial charge < -0.3 is 0 Å². The fourth-order valence-corrected chi connectivity index (χ4v) is 6.49. The van der Waals surface area contributed by atoms with Crippen LogP contribution in [0.4, 0.5) is 0 Å². The van der Waals surface area contributed by atoms with Gasteiger partial charge in [0.15, 0.2) is 0 Å². The second-order valence-electron chi connectivity index (χ2n) is 0.589. The van der Waals surface area contributed by atoms with Gasteiger partial charge in [0.2, 0.25) is 0 Å². The van der Waals surface area contributed by atoms with Crippen LogP contribution in [0, 0.1) is 21.3 Å². The average molecular weight is 376 g/mol. The summed E-state index contributed by atoms with van der Waals surface area (Å²) < 4.78 is 0. The monoisotopic (exact) mass is 377 g/mol. The van der Waals surface area contributed by atoms with E-state index in [4.69, 9.17) is 10.5 Å². The van der Waals surface area contributed by atoms with Gasteiger partial charge in [0.1, 0.15) is 0 Å². The number of hydrogen-bond donors (Lipinski definition) is 0. The molecule has 2 nitrogen and oxygen atoms in total. The average Bonchev–Trinajstić information content (AvgIpc) is 1.69. The zero-order valence-corrected chi connectivity index (χ0v) is 11.9. The Morgan fingerprint density at radius 3 is 1.75 bits per heavy atom. The minimum atomic E-state index is -1.09. The van der Waals surface area contributed by atoms with Gasteiger partial charge >= 0.3 is 76.1 Å². The molecule has 0 bridgehead atoms. The number of nitrogens with zero attached hydrogens (tertiary/aromatic N) is 2. The molecular weight excluding hydrogens is 376 g/mol. The minimum Gasteiger partial charge on any atom is 2.00 e. The fraction of sp³-hybridized carbons (Fsp3) is 0. The molecule has 39 valence electrons. The molecule has 0 fully saturated rings. The zero-order valence-electron chi connectivity index (χ0n) is 3.75. The van der Waals surface area contributed by atoms with Crippen molar-refractivity contribution in [3.63, 3.8) is 0 Å². The third-order valence-electron chi connectivity index (χ3n) is 0.247. The Morgan fingerprint density at radius 2 is 1.50 bits per heavy atom. The van der Waals surface area contributed by atoms with Crippen molar-refractivity contribution >= 4 is 16.5 Å². The van der Waals surface area contributed by atoms with E-state index in [-0.39, 0.29) is 16.8 Å². The molecule has 8 heavy (non-hydrogen) atoms. The summed E-state index contributed by atoms with van der Waals surface area (Å²) in [5, 5.41) is 19.8. The Kier molecular flexibility index (Phi) is 16.3. The molecule has 0 aliphatic heterocycles. The number of hydrogen-bond acceptors (Lipinski definition) is 4. The van der Waals surface area contributed by atoms with Crippen LogP contribution in [0.5, 0.6) is 0 Å². The van der Waals surface area contributed by atoms with E-state index in [0.717, 1.165) is 0 Å². The summed E-state index contributed by atoms with van der Waals surface area (Å²) in [5.41, 5.74) is 0. The molecule has 0 aromatic carbocycles. The van der Waals surface area contributed by atoms with Crippen LogP contribution in [0.3, 0.4) is 0 Å². The van der Waals surface area contributed by atoms with Gasteiger partial charge in [-0.25, -0.2) is 0 Å². The van der Waals surface area contributed by atoms with Crippen molar-refractivity contribution in [2.45, 2.75) is 0 Å².